The average molecular weight is 302 g/mol. The minimum atomic E-state index is 0.555. The van der Waals surface area contributed by atoms with Crippen molar-refractivity contribution in [2.75, 3.05) is 0 Å². The van der Waals surface area contributed by atoms with Crippen LogP contribution in [0.3, 0.4) is 0 Å². The van der Waals surface area contributed by atoms with Crippen LogP contribution in [0.4, 0.5) is 0 Å². The molecule has 1 aromatic heterocycles. The van der Waals surface area contributed by atoms with Gasteiger partial charge in [0.15, 0.2) is 0 Å². The Kier molecular flexibility index (Phi) is 4.88. The van der Waals surface area contributed by atoms with Crippen molar-refractivity contribution in [1.82, 2.24) is 10.3 Å². The van der Waals surface area contributed by atoms with Crippen LogP contribution in [0.25, 0.3) is 0 Å². The highest BCUT2D eigenvalue weighted by molar-refractivity contribution is 7.11. The van der Waals surface area contributed by atoms with Crippen LogP contribution in [0.15, 0.2) is 30.5 Å². The zero-order valence-corrected chi connectivity index (χ0v) is 13.3. The Morgan fingerprint density at radius 2 is 2.10 bits per heavy atom. The molecule has 2 aromatic rings. The summed E-state index contributed by atoms with van der Waals surface area (Å²) in [5.74, 6) is 0.943. The van der Waals surface area contributed by atoms with E-state index in [1.807, 2.05) is 24.4 Å². The predicted molar refractivity (Wildman–Crippen MR) is 86.7 cm³/mol. The second-order valence-corrected chi connectivity index (χ2v) is 6.84. The van der Waals surface area contributed by atoms with E-state index in [9.17, 15) is 0 Å². The molecule has 1 aromatic carbocycles. The monoisotopic (exact) mass is 302 g/mol. The molecule has 3 rings (SSSR count). The molecule has 0 spiro atoms. The van der Waals surface area contributed by atoms with Gasteiger partial charge in [0.2, 0.25) is 0 Å². The molecule has 0 bridgehead atoms. The first-order chi connectivity index (χ1) is 10.3. The number of nitrogens with zero attached hydrogens (tertiary/aromatic N) is 1. The molecule has 0 aliphatic heterocycles. The van der Waals surface area contributed by atoms with E-state index in [4.69, 9.17) is 4.74 Å². The van der Waals surface area contributed by atoms with Crippen molar-refractivity contribution >= 4 is 11.3 Å². The largest absolute Gasteiger partial charge is 0.486 e. The smallest absolute Gasteiger partial charge is 0.140 e. The first-order valence-electron chi connectivity index (χ1n) is 7.66. The van der Waals surface area contributed by atoms with E-state index >= 15 is 0 Å². The minimum absolute atomic E-state index is 0.555. The fourth-order valence-electron chi connectivity index (χ4n) is 2.73. The van der Waals surface area contributed by atoms with Gasteiger partial charge < -0.3 is 10.1 Å². The van der Waals surface area contributed by atoms with Gasteiger partial charge in [0.1, 0.15) is 17.4 Å². The third-order valence-corrected chi connectivity index (χ3v) is 4.94. The zero-order chi connectivity index (χ0) is 14.5. The topological polar surface area (TPSA) is 34.1 Å². The third-order valence-electron chi connectivity index (χ3n) is 3.97. The normalized spacial score (nSPS) is 15.5. The molecule has 1 aliphatic rings. The van der Waals surface area contributed by atoms with E-state index < -0.39 is 0 Å². The Morgan fingerprint density at radius 1 is 1.29 bits per heavy atom. The summed E-state index contributed by atoms with van der Waals surface area (Å²) in [6.45, 7) is 3.56. The van der Waals surface area contributed by atoms with Crippen LogP contribution in [-0.2, 0) is 13.2 Å². The molecule has 1 heterocycles. The molecule has 21 heavy (non-hydrogen) atoms. The first-order valence-corrected chi connectivity index (χ1v) is 8.48. The van der Waals surface area contributed by atoms with Crippen LogP contribution in [0.5, 0.6) is 5.75 Å². The predicted octanol–water partition coefficient (Wildman–Crippen LogP) is 4.06. The van der Waals surface area contributed by atoms with Gasteiger partial charge in [-0.05, 0) is 31.4 Å². The molecule has 0 atom stereocenters. The van der Waals surface area contributed by atoms with Gasteiger partial charge in [-0.1, -0.05) is 31.0 Å². The quantitative estimate of drug-likeness (QED) is 0.873. The molecule has 1 fully saturated rings. The summed E-state index contributed by atoms with van der Waals surface area (Å²) in [5, 5.41) is 4.67. The molecule has 0 unspecified atom stereocenters. The SMILES string of the molecule is Cc1ccccc1OCc1ncc(CNC2CCCC2)s1. The number of ether oxygens (including phenoxy) is 1. The Morgan fingerprint density at radius 3 is 2.90 bits per heavy atom. The summed E-state index contributed by atoms with van der Waals surface area (Å²) in [7, 11) is 0. The molecule has 0 radical (unpaired) electrons. The van der Waals surface area contributed by atoms with Gasteiger partial charge in [-0.2, -0.15) is 0 Å². The van der Waals surface area contributed by atoms with Crippen molar-refractivity contribution in [2.24, 2.45) is 0 Å². The highest BCUT2D eigenvalue weighted by atomic mass is 32.1. The average Bonchev–Trinajstić information content (AvgIpc) is 3.16. The van der Waals surface area contributed by atoms with Crippen molar-refractivity contribution in [3.05, 3.63) is 45.9 Å². The second kappa shape index (κ2) is 7.05. The fourth-order valence-corrected chi connectivity index (χ4v) is 3.52. The molecule has 3 nitrogen and oxygen atoms in total. The summed E-state index contributed by atoms with van der Waals surface area (Å²) in [5.41, 5.74) is 1.16. The van der Waals surface area contributed by atoms with E-state index in [1.54, 1.807) is 11.3 Å². The van der Waals surface area contributed by atoms with Crippen LogP contribution in [0, 0.1) is 6.92 Å². The Balaban J connectivity index is 1.49. The van der Waals surface area contributed by atoms with Crippen molar-refractivity contribution < 1.29 is 4.74 Å². The van der Waals surface area contributed by atoms with Crippen LogP contribution < -0.4 is 10.1 Å². The van der Waals surface area contributed by atoms with E-state index in [0.29, 0.717) is 12.6 Å². The molecular formula is C17H22N2OS. The number of hydrogen-bond acceptors (Lipinski definition) is 4. The number of aryl methyl sites for hydroxylation is 1. The van der Waals surface area contributed by atoms with Crippen LogP contribution in [-0.4, -0.2) is 11.0 Å². The molecule has 112 valence electrons. The van der Waals surface area contributed by atoms with Crippen LogP contribution >= 0.6 is 11.3 Å². The Labute approximate surface area is 130 Å². The number of nitrogens with one attached hydrogen (secondary N) is 1. The molecule has 0 saturated heterocycles. The number of benzene rings is 1. The van der Waals surface area contributed by atoms with Crippen molar-refractivity contribution in [3.63, 3.8) is 0 Å². The number of thiazole rings is 1. The van der Waals surface area contributed by atoms with Crippen LogP contribution in [0.2, 0.25) is 0 Å². The van der Waals surface area contributed by atoms with Gasteiger partial charge in [-0.25, -0.2) is 4.98 Å². The van der Waals surface area contributed by atoms with E-state index in [0.717, 1.165) is 22.9 Å². The maximum absolute atomic E-state index is 5.84. The van der Waals surface area contributed by atoms with E-state index in [-0.39, 0.29) is 0 Å². The zero-order valence-electron chi connectivity index (χ0n) is 12.5. The van der Waals surface area contributed by atoms with E-state index in [2.05, 4.69) is 23.3 Å². The van der Waals surface area contributed by atoms with Crippen LogP contribution in [0.1, 0.15) is 41.1 Å². The molecule has 1 saturated carbocycles. The maximum atomic E-state index is 5.84. The van der Waals surface area contributed by atoms with Crippen molar-refractivity contribution in [2.45, 2.75) is 51.8 Å². The second-order valence-electron chi connectivity index (χ2n) is 5.64. The standard InChI is InChI=1S/C17H22N2OS/c1-13-6-2-5-9-16(13)20-12-17-19-11-15(21-17)10-18-14-7-3-4-8-14/h2,5-6,9,11,14,18H,3-4,7-8,10,12H2,1H3. The minimum Gasteiger partial charge on any atom is -0.486 e. The Bertz CT molecular complexity index is 576. The molecule has 0 amide bonds. The third kappa shape index (κ3) is 4.05. The van der Waals surface area contributed by atoms with Gasteiger partial charge in [0, 0.05) is 23.7 Å². The summed E-state index contributed by atoms with van der Waals surface area (Å²) in [6.07, 6.45) is 7.36. The molecule has 1 N–H and O–H groups in total. The Hall–Kier alpha value is -1.39. The highest BCUT2D eigenvalue weighted by Crippen LogP contribution is 2.21. The lowest BCUT2D eigenvalue weighted by Crippen LogP contribution is -2.24. The lowest BCUT2D eigenvalue weighted by Gasteiger charge is -2.09. The van der Waals surface area contributed by atoms with Gasteiger partial charge >= 0.3 is 0 Å². The van der Waals surface area contributed by atoms with Crippen molar-refractivity contribution in [3.8, 4) is 5.75 Å². The number of rotatable bonds is 6. The summed E-state index contributed by atoms with van der Waals surface area (Å²) in [6, 6.07) is 8.80. The fraction of sp³-hybridized carbons (Fsp3) is 0.471. The summed E-state index contributed by atoms with van der Waals surface area (Å²) in [4.78, 5) is 5.76. The summed E-state index contributed by atoms with van der Waals surface area (Å²) >= 11 is 1.74. The number of para-hydroxylation sites is 1. The van der Waals surface area contributed by atoms with E-state index in [1.165, 1.54) is 30.6 Å². The highest BCUT2D eigenvalue weighted by Gasteiger charge is 2.14. The molecular weight excluding hydrogens is 280 g/mol. The maximum Gasteiger partial charge on any atom is 0.140 e. The van der Waals surface area contributed by atoms with Gasteiger partial charge in [-0.15, -0.1) is 11.3 Å². The van der Waals surface area contributed by atoms with Crippen molar-refractivity contribution in [1.29, 1.82) is 0 Å². The number of hydrogen-bond donors (Lipinski definition) is 1. The molecule has 4 heteroatoms. The van der Waals surface area contributed by atoms with Gasteiger partial charge in [0.05, 0.1) is 0 Å². The lowest BCUT2D eigenvalue weighted by atomic mass is 10.2. The van der Waals surface area contributed by atoms with Gasteiger partial charge in [-0.3, -0.25) is 0 Å². The summed E-state index contributed by atoms with van der Waals surface area (Å²) < 4.78 is 5.84. The number of aromatic nitrogens is 1. The first kappa shape index (κ1) is 14.5. The molecule has 1 aliphatic carbocycles. The lowest BCUT2D eigenvalue weighted by molar-refractivity contribution is 0.303. The van der Waals surface area contributed by atoms with Gasteiger partial charge in [0.25, 0.3) is 0 Å².